The van der Waals surface area contributed by atoms with Gasteiger partial charge in [0.15, 0.2) is 0 Å². The summed E-state index contributed by atoms with van der Waals surface area (Å²) in [5, 5.41) is 10.1. The normalized spacial score (nSPS) is 23.5. The minimum Gasteiger partial charge on any atom is -0.508 e. The molecule has 0 aromatic heterocycles. The van der Waals surface area contributed by atoms with Gasteiger partial charge in [-0.2, -0.15) is 0 Å². The van der Waals surface area contributed by atoms with E-state index in [-0.39, 0.29) is 0 Å². The van der Waals surface area contributed by atoms with Crippen molar-refractivity contribution < 1.29 is 5.11 Å². The van der Waals surface area contributed by atoms with Gasteiger partial charge in [-0.25, -0.2) is 0 Å². The number of likely N-dealkylation sites (tertiary alicyclic amines) is 1. The quantitative estimate of drug-likeness (QED) is 0.918. The van der Waals surface area contributed by atoms with Crippen molar-refractivity contribution in [3.8, 4) is 5.75 Å². The first kappa shape index (κ1) is 14.8. The van der Waals surface area contributed by atoms with Gasteiger partial charge in [-0.05, 0) is 68.0 Å². The topological polar surface area (TPSA) is 23.5 Å². The summed E-state index contributed by atoms with van der Waals surface area (Å²) in [6.45, 7) is 2.41. The molecule has 0 bridgehead atoms. The predicted molar refractivity (Wildman–Crippen MR) is 93.9 cm³/mol. The number of aromatic hydroxyl groups is 1. The van der Waals surface area contributed by atoms with Crippen molar-refractivity contribution in [3.63, 3.8) is 0 Å². The molecule has 0 radical (unpaired) electrons. The van der Waals surface area contributed by atoms with Crippen LogP contribution >= 0.6 is 0 Å². The zero-order valence-electron chi connectivity index (χ0n) is 13.6. The van der Waals surface area contributed by atoms with E-state index in [2.05, 4.69) is 41.3 Å². The number of hydrogen-bond donors (Lipinski definition) is 1. The monoisotopic (exact) mass is 307 g/mol. The smallest absolute Gasteiger partial charge is 0.119 e. The van der Waals surface area contributed by atoms with Crippen LogP contribution < -0.4 is 0 Å². The van der Waals surface area contributed by atoms with Gasteiger partial charge in [-0.1, -0.05) is 42.5 Å². The molecule has 2 nitrogen and oxygen atoms in total. The number of fused-ring (bicyclic) bond motifs is 3. The number of rotatable bonds is 4. The second kappa shape index (κ2) is 6.37. The lowest BCUT2D eigenvalue weighted by Gasteiger charge is -2.33. The van der Waals surface area contributed by atoms with Gasteiger partial charge < -0.3 is 5.11 Å². The van der Waals surface area contributed by atoms with Gasteiger partial charge in [0.1, 0.15) is 5.75 Å². The van der Waals surface area contributed by atoms with E-state index in [1.807, 2.05) is 12.1 Å². The Kier molecular flexibility index (Phi) is 4.09. The maximum Gasteiger partial charge on any atom is 0.119 e. The first-order chi connectivity index (χ1) is 11.3. The summed E-state index contributed by atoms with van der Waals surface area (Å²) in [5.74, 6) is 1.13. The molecule has 2 aromatic carbocycles. The number of nitrogens with zero attached hydrogens (tertiary/aromatic N) is 1. The molecule has 1 heterocycles. The van der Waals surface area contributed by atoms with E-state index in [9.17, 15) is 5.11 Å². The highest BCUT2D eigenvalue weighted by Gasteiger charge is 2.38. The fourth-order valence-corrected chi connectivity index (χ4v) is 4.58. The molecule has 2 heteroatoms. The first-order valence-electron chi connectivity index (χ1n) is 8.91. The van der Waals surface area contributed by atoms with Gasteiger partial charge in [0.2, 0.25) is 0 Å². The maximum atomic E-state index is 10.1. The van der Waals surface area contributed by atoms with Crippen LogP contribution in [0, 0.1) is 0 Å². The molecule has 2 atom stereocenters. The number of hydrogen-bond acceptors (Lipinski definition) is 2. The molecular weight excluding hydrogens is 282 g/mol. The molecule has 0 spiro atoms. The van der Waals surface area contributed by atoms with Crippen LogP contribution in [0.15, 0.2) is 48.5 Å². The Labute approximate surface area is 138 Å². The summed E-state index contributed by atoms with van der Waals surface area (Å²) < 4.78 is 0. The number of benzene rings is 2. The van der Waals surface area contributed by atoms with Gasteiger partial charge >= 0.3 is 0 Å². The van der Waals surface area contributed by atoms with E-state index in [1.54, 1.807) is 0 Å². The molecule has 1 saturated heterocycles. The van der Waals surface area contributed by atoms with E-state index in [0.29, 0.717) is 17.7 Å². The van der Waals surface area contributed by atoms with E-state index in [4.69, 9.17) is 0 Å². The van der Waals surface area contributed by atoms with E-state index in [0.717, 1.165) is 6.42 Å². The molecule has 120 valence electrons. The van der Waals surface area contributed by atoms with Crippen LogP contribution in [0.4, 0.5) is 0 Å². The second-order valence-electron chi connectivity index (χ2n) is 6.97. The summed E-state index contributed by atoms with van der Waals surface area (Å²) in [6, 6.07) is 17.6. The minimum atomic E-state index is 0.503. The van der Waals surface area contributed by atoms with Crippen molar-refractivity contribution in [2.24, 2.45) is 0 Å². The third-order valence-corrected chi connectivity index (χ3v) is 5.69. The summed E-state index contributed by atoms with van der Waals surface area (Å²) in [7, 11) is 0. The Morgan fingerprint density at radius 2 is 1.87 bits per heavy atom. The first-order valence-corrected chi connectivity index (χ1v) is 8.91. The fourth-order valence-electron chi connectivity index (χ4n) is 4.58. The van der Waals surface area contributed by atoms with Crippen LogP contribution in [-0.4, -0.2) is 29.1 Å². The molecule has 23 heavy (non-hydrogen) atoms. The predicted octanol–water partition coefficient (Wildman–Crippen LogP) is 4.13. The number of phenolic OH excluding ortho intramolecular Hbond substituents is 1. The molecule has 2 aliphatic rings. The zero-order valence-corrected chi connectivity index (χ0v) is 13.6. The van der Waals surface area contributed by atoms with Crippen molar-refractivity contribution in [2.45, 2.75) is 44.1 Å². The number of phenols is 1. The second-order valence-corrected chi connectivity index (χ2v) is 6.97. The van der Waals surface area contributed by atoms with E-state index < -0.39 is 0 Å². The lowest BCUT2D eigenvalue weighted by Crippen LogP contribution is -2.35. The average Bonchev–Trinajstić information content (AvgIpc) is 3.00. The molecule has 1 fully saturated rings. The van der Waals surface area contributed by atoms with Gasteiger partial charge in [0, 0.05) is 12.0 Å². The molecule has 1 aliphatic carbocycles. The fraction of sp³-hybridized carbons (Fsp3) is 0.429. The Bertz CT molecular complexity index is 667. The lowest BCUT2D eigenvalue weighted by molar-refractivity contribution is 0.224. The van der Waals surface area contributed by atoms with Gasteiger partial charge in [-0.15, -0.1) is 0 Å². The molecule has 4 rings (SSSR count). The van der Waals surface area contributed by atoms with Crippen LogP contribution in [0.25, 0.3) is 0 Å². The summed E-state index contributed by atoms with van der Waals surface area (Å²) >= 11 is 0. The van der Waals surface area contributed by atoms with Crippen molar-refractivity contribution in [1.29, 1.82) is 0 Å². The van der Waals surface area contributed by atoms with Gasteiger partial charge in [0.25, 0.3) is 0 Å². The van der Waals surface area contributed by atoms with Crippen LogP contribution in [0.2, 0.25) is 0 Å². The summed E-state index contributed by atoms with van der Waals surface area (Å²) in [6.07, 6.45) is 5.87. The van der Waals surface area contributed by atoms with E-state index >= 15 is 0 Å². The Morgan fingerprint density at radius 1 is 1.00 bits per heavy atom. The molecule has 2 aromatic rings. The minimum absolute atomic E-state index is 0.503. The maximum absolute atomic E-state index is 10.1. The van der Waals surface area contributed by atoms with Crippen LogP contribution in [0.1, 0.15) is 41.9 Å². The largest absolute Gasteiger partial charge is 0.508 e. The molecular formula is C21H25NO. The lowest BCUT2D eigenvalue weighted by atomic mass is 9.79. The highest BCUT2D eigenvalue weighted by molar-refractivity contribution is 5.44. The van der Waals surface area contributed by atoms with Crippen LogP contribution in [0.3, 0.4) is 0 Å². The Hall–Kier alpha value is -1.80. The Morgan fingerprint density at radius 3 is 2.74 bits per heavy atom. The number of aryl methyl sites for hydroxylation is 1. The van der Waals surface area contributed by atoms with Gasteiger partial charge in [0.05, 0.1) is 0 Å². The standard InChI is InChI=1S/C21H25NO/c23-21-10-4-9-17-18-13-15-22(20(18)12-11-19(17)21)14-5-8-16-6-2-1-3-7-16/h1-4,6-7,9-10,18,20,23H,5,8,11-15H2/t18-,20+/m1/s1. The summed E-state index contributed by atoms with van der Waals surface area (Å²) in [4.78, 5) is 2.70. The third kappa shape index (κ3) is 2.88. The SMILES string of the molecule is Oc1cccc2c1CC[C@H]1[C@@H]2CCN1CCCc1ccccc1. The molecule has 1 N–H and O–H groups in total. The van der Waals surface area contributed by atoms with Crippen molar-refractivity contribution in [3.05, 3.63) is 65.2 Å². The van der Waals surface area contributed by atoms with Gasteiger partial charge in [-0.3, -0.25) is 4.90 Å². The molecule has 0 saturated carbocycles. The average molecular weight is 307 g/mol. The van der Waals surface area contributed by atoms with E-state index in [1.165, 1.54) is 55.5 Å². The van der Waals surface area contributed by atoms with Crippen molar-refractivity contribution in [1.82, 2.24) is 4.90 Å². The van der Waals surface area contributed by atoms with Crippen LogP contribution in [0.5, 0.6) is 5.75 Å². The van der Waals surface area contributed by atoms with Crippen molar-refractivity contribution in [2.75, 3.05) is 13.1 Å². The molecule has 0 unspecified atom stereocenters. The zero-order chi connectivity index (χ0) is 15.6. The summed E-state index contributed by atoms with van der Waals surface area (Å²) in [5.41, 5.74) is 4.06. The Balaban J connectivity index is 1.40. The highest BCUT2D eigenvalue weighted by Crippen LogP contribution is 2.43. The van der Waals surface area contributed by atoms with Crippen LogP contribution in [-0.2, 0) is 12.8 Å². The van der Waals surface area contributed by atoms with Crippen molar-refractivity contribution >= 4 is 0 Å². The highest BCUT2D eigenvalue weighted by atomic mass is 16.3. The molecule has 1 aliphatic heterocycles. The third-order valence-electron chi connectivity index (χ3n) is 5.69. The molecule has 0 amide bonds.